The molecule has 0 amide bonds. The molecule has 0 atom stereocenters. The highest BCUT2D eigenvalue weighted by Crippen LogP contribution is 2.12. The molecule has 0 radical (unpaired) electrons. The zero-order valence-electron chi connectivity index (χ0n) is 10.5. The summed E-state index contributed by atoms with van der Waals surface area (Å²) < 4.78 is 7.51. The average molecular weight is 246 g/mol. The molecule has 0 bridgehead atoms. The number of benzene rings is 1. The lowest BCUT2D eigenvalue weighted by Crippen LogP contribution is -2.14. The van der Waals surface area contributed by atoms with Crippen molar-refractivity contribution in [2.75, 3.05) is 13.2 Å². The van der Waals surface area contributed by atoms with E-state index in [1.54, 1.807) is 6.20 Å². The van der Waals surface area contributed by atoms with Gasteiger partial charge in [-0.3, -0.25) is 0 Å². The molecule has 0 saturated heterocycles. The maximum absolute atomic E-state index is 5.67. The molecule has 0 aliphatic heterocycles. The molecule has 2 rings (SSSR count). The van der Waals surface area contributed by atoms with Crippen molar-refractivity contribution >= 4 is 0 Å². The van der Waals surface area contributed by atoms with E-state index >= 15 is 0 Å². The predicted molar refractivity (Wildman–Crippen MR) is 69.5 cm³/mol. The molecule has 0 aliphatic carbocycles. The zero-order chi connectivity index (χ0) is 12.8. The molecule has 0 spiro atoms. The van der Waals surface area contributed by atoms with Crippen LogP contribution in [-0.4, -0.2) is 28.1 Å². The number of hydrogen-bond acceptors (Lipinski definition) is 4. The third-order valence-corrected chi connectivity index (χ3v) is 2.66. The predicted octanol–water partition coefficient (Wildman–Crippen LogP) is 1.17. The molecule has 5 nitrogen and oxygen atoms in total. The van der Waals surface area contributed by atoms with Crippen LogP contribution in [0.15, 0.2) is 30.5 Å². The Labute approximate surface area is 107 Å². The van der Waals surface area contributed by atoms with Crippen molar-refractivity contribution in [2.45, 2.75) is 19.9 Å². The number of rotatable bonds is 6. The summed E-state index contributed by atoms with van der Waals surface area (Å²) in [5.74, 6) is 0.885. The first-order valence-electron chi connectivity index (χ1n) is 6.06. The van der Waals surface area contributed by atoms with Crippen LogP contribution in [0.5, 0.6) is 5.75 Å². The first-order chi connectivity index (χ1) is 8.79. The summed E-state index contributed by atoms with van der Waals surface area (Å²) in [6.07, 6.45) is 2.54. The number of aryl methyl sites for hydroxylation is 1. The lowest BCUT2D eigenvalue weighted by Gasteiger charge is -2.08. The van der Waals surface area contributed by atoms with Gasteiger partial charge in [-0.25, -0.2) is 4.68 Å². The highest BCUT2D eigenvalue weighted by molar-refractivity contribution is 5.27. The Morgan fingerprint density at radius 3 is 3.06 bits per heavy atom. The summed E-state index contributed by atoms with van der Waals surface area (Å²) in [6, 6.07) is 8.00. The van der Waals surface area contributed by atoms with Crippen LogP contribution in [0.2, 0.25) is 0 Å². The molecule has 5 heteroatoms. The number of nitrogens with zero attached hydrogens (tertiary/aromatic N) is 3. The van der Waals surface area contributed by atoms with E-state index in [1.807, 2.05) is 35.9 Å². The molecule has 96 valence electrons. The summed E-state index contributed by atoms with van der Waals surface area (Å²) in [5.41, 5.74) is 7.76. The van der Waals surface area contributed by atoms with E-state index in [2.05, 4.69) is 10.3 Å². The van der Waals surface area contributed by atoms with Gasteiger partial charge in [0.2, 0.25) is 0 Å². The molecule has 1 aromatic carbocycles. The van der Waals surface area contributed by atoms with E-state index < -0.39 is 0 Å². The monoisotopic (exact) mass is 246 g/mol. The van der Waals surface area contributed by atoms with Crippen molar-refractivity contribution in [2.24, 2.45) is 5.73 Å². The fourth-order valence-electron chi connectivity index (χ4n) is 1.76. The fourth-order valence-corrected chi connectivity index (χ4v) is 1.76. The minimum atomic E-state index is 0.574. The molecular weight excluding hydrogens is 228 g/mol. The second kappa shape index (κ2) is 6.16. The summed E-state index contributed by atoms with van der Waals surface area (Å²) >= 11 is 0. The highest BCUT2D eigenvalue weighted by Gasteiger charge is 2.02. The average Bonchev–Trinajstić information content (AvgIpc) is 2.78. The number of aromatic nitrogens is 3. The molecule has 0 aliphatic rings. The van der Waals surface area contributed by atoms with Gasteiger partial charge in [-0.1, -0.05) is 17.3 Å². The van der Waals surface area contributed by atoms with Crippen molar-refractivity contribution in [3.05, 3.63) is 41.7 Å². The van der Waals surface area contributed by atoms with Crippen molar-refractivity contribution in [3.8, 4) is 5.75 Å². The fraction of sp³-hybridized carbons (Fsp3) is 0.385. The third kappa shape index (κ3) is 3.30. The van der Waals surface area contributed by atoms with Gasteiger partial charge in [0.1, 0.15) is 12.4 Å². The summed E-state index contributed by atoms with van der Waals surface area (Å²) in [5, 5.41) is 7.90. The lowest BCUT2D eigenvalue weighted by atomic mass is 10.2. The molecule has 0 saturated carbocycles. The first kappa shape index (κ1) is 12.6. The van der Waals surface area contributed by atoms with Crippen molar-refractivity contribution in [1.29, 1.82) is 0 Å². The van der Waals surface area contributed by atoms with E-state index in [0.29, 0.717) is 19.7 Å². The number of nitrogens with two attached hydrogens (primary N) is 1. The van der Waals surface area contributed by atoms with Gasteiger partial charge >= 0.3 is 0 Å². The highest BCUT2D eigenvalue weighted by atomic mass is 16.5. The van der Waals surface area contributed by atoms with Gasteiger partial charge in [0.25, 0.3) is 0 Å². The van der Waals surface area contributed by atoms with Crippen LogP contribution in [0.1, 0.15) is 11.3 Å². The maximum Gasteiger partial charge on any atom is 0.119 e. The largest absolute Gasteiger partial charge is 0.492 e. The molecule has 1 aromatic heterocycles. The van der Waals surface area contributed by atoms with E-state index in [1.165, 1.54) is 5.56 Å². The molecule has 0 unspecified atom stereocenters. The van der Waals surface area contributed by atoms with Crippen molar-refractivity contribution in [3.63, 3.8) is 0 Å². The Morgan fingerprint density at radius 2 is 2.28 bits per heavy atom. The smallest absolute Gasteiger partial charge is 0.119 e. The second-order valence-corrected chi connectivity index (χ2v) is 4.15. The van der Waals surface area contributed by atoms with Crippen LogP contribution in [0.4, 0.5) is 0 Å². The SMILES string of the molecule is Cc1cccc(OCCn2nncc2CCN)c1. The Hall–Kier alpha value is -1.88. The standard InChI is InChI=1S/C13H18N4O/c1-11-3-2-4-13(9-11)18-8-7-17-12(5-6-14)10-15-16-17/h2-4,9-10H,5-8,14H2,1H3. The molecular formula is C13H18N4O. The number of hydrogen-bond donors (Lipinski definition) is 1. The van der Waals surface area contributed by atoms with Crippen LogP contribution in [0.25, 0.3) is 0 Å². The lowest BCUT2D eigenvalue weighted by molar-refractivity contribution is 0.287. The number of ether oxygens (including phenoxy) is 1. The van der Waals surface area contributed by atoms with Crippen LogP contribution < -0.4 is 10.5 Å². The van der Waals surface area contributed by atoms with Gasteiger partial charge in [0, 0.05) is 6.42 Å². The molecule has 1 heterocycles. The van der Waals surface area contributed by atoms with E-state index in [0.717, 1.165) is 17.9 Å². The Bertz CT molecular complexity index is 495. The van der Waals surface area contributed by atoms with E-state index in [4.69, 9.17) is 10.5 Å². The maximum atomic E-state index is 5.67. The molecule has 2 aromatic rings. The third-order valence-electron chi connectivity index (χ3n) is 2.66. The minimum Gasteiger partial charge on any atom is -0.492 e. The van der Waals surface area contributed by atoms with Gasteiger partial charge in [-0.15, -0.1) is 5.10 Å². The van der Waals surface area contributed by atoms with Crippen LogP contribution >= 0.6 is 0 Å². The quantitative estimate of drug-likeness (QED) is 0.830. The second-order valence-electron chi connectivity index (χ2n) is 4.15. The zero-order valence-corrected chi connectivity index (χ0v) is 10.5. The summed E-state index contributed by atoms with van der Waals surface area (Å²) in [6.45, 7) is 3.91. The van der Waals surface area contributed by atoms with Gasteiger partial charge in [-0.05, 0) is 31.2 Å². The van der Waals surface area contributed by atoms with Crippen LogP contribution in [0, 0.1) is 6.92 Å². The van der Waals surface area contributed by atoms with Gasteiger partial charge in [0.05, 0.1) is 18.4 Å². The first-order valence-corrected chi connectivity index (χ1v) is 6.06. The molecule has 2 N–H and O–H groups in total. The summed E-state index contributed by atoms with van der Waals surface area (Å²) in [7, 11) is 0. The topological polar surface area (TPSA) is 66.0 Å². The van der Waals surface area contributed by atoms with Crippen molar-refractivity contribution in [1.82, 2.24) is 15.0 Å². The van der Waals surface area contributed by atoms with Crippen molar-refractivity contribution < 1.29 is 4.74 Å². The Balaban J connectivity index is 1.86. The van der Waals surface area contributed by atoms with Crippen LogP contribution in [0.3, 0.4) is 0 Å². The van der Waals surface area contributed by atoms with Crippen LogP contribution in [-0.2, 0) is 13.0 Å². The summed E-state index contributed by atoms with van der Waals surface area (Å²) in [4.78, 5) is 0. The Morgan fingerprint density at radius 1 is 1.39 bits per heavy atom. The minimum absolute atomic E-state index is 0.574. The van der Waals surface area contributed by atoms with Gasteiger partial charge in [0.15, 0.2) is 0 Å². The van der Waals surface area contributed by atoms with E-state index in [9.17, 15) is 0 Å². The molecule has 0 fully saturated rings. The van der Waals surface area contributed by atoms with Gasteiger partial charge in [-0.2, -0.15) is 0 Å². The molecule has 18 heavy (non-hydrogen) atoms. The Kier molecular flexibility index (Phi) is 4.30. The van der Waals surface area contributed by atoms with E-state index in [-0.39, 0.29) is 0 Å². The van der Waals surface area contributed by atoms with Gasteiger partial charge < -0.3 is 10.5 Å². The normalized spacial score (nSPS) is 10.6.